The zero-order valence-electron chi connectivity index (χ0n) is 13.2. The maximum absolute atomic E-state index is 12.2. The summed E-state index contributed by atoms with van der Waals surface area (Å²) < 4.78 is 23.8. The monoisotopic (exact) mass is 307 g/mol. The summed E-state index contributed by atoms with van der Waals surface area (Å²) in [4.78, 5) is 2.25. The van der Waals surface area contributed by atoms with Gasteiger partial charge in [0.25, 0.3) is 0 Å². The van der Waals surface area contributed by atoms with Gasteiger partial charge in [-0.3, -0.25) is 4.90 Å². The van der Waals surface area contributed by atoms with E-state index in [1.54, 1.807) is 0 Å². The number of nitrogens with zero attached hydrogens (tertiary/aromatic N) is 1. The van der Waals surface area contributed by atoms with Crippen LogP contribution in [0.25, 0.3) is 6.08 Å². The smallest absolute Gasteiger partial charge is 0.156 e. The predicted octanol–water partition coefficient (Wildman–Crippen LogP) is 2.99. The molecule has 116 valence electrons. The van der Waals surface area contributed by atoms with Crippen molar-refractivity contribution in [2.75, 3.05) is 25.4 Å². The molecule has 1 aromatic carbocycles. The molecule has 0 bridgehead atoms. The van der Waals surface area contributed by atoms with Crippen LogP contribution >= 0.6 is 0 Å². The third kappa shape index (κ3) is 4.17. The van der Waals surface area contributed by atoms with Crippen LogP contribution in [0.3, 0.4) is 0 Å². The highest BCUT2D eigenvalue weighted by atomic mass is 32.2. The van der Waals surface area contributed by atoms with Crippen molar-refractivity contribution in [3.8, 4) is 0 Å². The van der Waals surface area contributed by atoms with Crippen LogP contribution in [0.2, 0.25) is 0 Å². The van der Waals surface area contributed by atoms with E-state index in [4.69, 9.17) is 0 Å². The Morgan fingerprint density at radius 3 is 2.57 bits per heavy atom. The van der Waals surface area contributed by atoms with E-state index in [9.17, 15) is 8.42 Å². The van der Waals surface area contributed by atoms with Crippen LogP contribution in [0, 0.1) is 0 Å². The minimum Gasteiger partial charge on any atom is -0.298 e. The van der Waals surface area contributed by atoms with E-state index in [0.717, 1.165) is 13.1 Å². The van der Waals surface area contributed by atoms with Gasteiger partial charge in [-0.2, -0.15) is 0 Å². The normalized spacial score (nSPS) is 22.7. The molecule has 3 nitrogen and oxygen atoms in total. The third-order valence-electron chi connectivity index (χ3n) is 4.23. The minimum absolute atomic E-state index is 0.263. The Labute approximate surface area is 128 Å². The molecular formula is C17H25NO2S. The Kier molecular flexibility index (Phi) is 4.89. The van der Waals surface area contributed by atoms with Crippen LogP contribution in [0.5, 0.6) is 0 Å². The van der Waals surface area contributed by atoms with Gasteiger partial charge in [0, 0.05) is 13.1 Å². The summed E-state index contributed by atoms with van der Waals surface area (Å²) in [5, 5.41) is 0. The van der Waals surface area contributed by atoms with E-state index in [0.29, 0.717) is 13.0 Å². The molecule has 0 radical (unpaired) electrons. The third-order valence-corrected chi connectivity index (χ3v) is 6.84. The largest absolute Gasteiger partial charge is 0.298 e. The van der Waals surface area contributed by atoms with Gasteiger partial charge >= 0.3 is 0 Å². The molecule has 0 atom stereocenters. The minimum atomic E-state index is -2.99. The highest BCUT2D eigenvalue weighted by Gasteiger charge is 2.36. The fourth-order valence-electron chi connectivity index (χ4n) is 2.61. The Bertz CT molecular complexity index is 603. The van der Waals surface area contributed by atoms with E-state index in [-0.39, 0.29) is 5.75 Å². The SMILES string of the molecule is C/C(=C\c1ccccc1)CN1CCC(C)(C)S(=O)(=O)CC1. The van der Waals surface area contributed by atoms with Crippen LogP contribution in [0.1, 0.15) is 32.8 Å². The van der Waals surface area contributed by atoms with Gasteiger partial charge in [0.15, 0.2) is 9.84 Å². The first-order chi connectivity index (χ1) is 9.80. The van der Waals surface area contributed by atoms with Crippen LogP contribution in [0.15, 0.2) is 35.9 Å². The molecule has 1 aliphatic rings. The lowest BCUT2D eigenvalue weighted by Crippen LogP contribution is -2.33. The van der Waals surface area contributed by atoms with E-state index >= 15 is 0 Å². The fraction of sp³-hybridized carbons (Fsp3) is 0.529. The summed E-state index contributed by atoms with van der Waals surface area (Å²) in [5.74, 6) is 0.263. The van der Waals surface area contributed by atoms with Gasteiger partial charge in [-0.05, 0) is 39.3 Å². The first kappa shape index (κ1) is 16.2. The molecule has 0 aliphatic carbocycles. The lowest BCUT2D eigenvalue weighted by molar-refractivity contribution is 0.307. The number of hydrogen-bond acceptors (Lipinski definition) is 3. The lowest BCUT2D eigenvalue weighted by atomic mass is 10.1. The quantitative estimate of drug-likeness (QED) is 0.861. The number of benzene rings is 1. The summed E-state index contributed by atoms with van der Waals surface area (Å²) >= 11 is 0. The Morgan fingerprint density at radius 2 is 1.90 bits per heavy atom. The number of rotatable bonds is 3. The summed E-state index contributed by atoms with van der Waals surface area (Å²) in [6.45, 7) is 8.10. The first-order valence-corrected chi connectivity index (χ1v) is 9.12. The van der Waals surface area contributed by atoms with Crippen molar-refractivity contribution in [2.24, 2.45) is 0 Å². The molecule has 0 amide bonds. The molecule has 1 saturated heterocycles. The molecule has 4 heteroatoms. The molecule has 2 rings (SSSR count). The molecule has 1 heterocycles. The predicted molar refractivity (Wildman–Crippen MR) is 89.0 cm³/mol. The average molecular weight is 307 g/mol. The maximum atomic E-state index is 12.2. The standard InChI is InChI=1S/C17H25NO2S/c1-15(13-16-7-5-4-6-8-16)14-18-10-9-17(2,3)21(19,20)12-11-18/h4-8,13H,9-12,14H2,1-3H3/b15-13+. The van der Waals surface area contributed by atoms with E-state index in [2.05, 4.69) is 30.0 Å². The van der Waals surface area contributed by atoms with Gasteiger partial charge in [-0.1, -0.05) is 42.0 Å². The highest BCUT2D eigenvalue weighted by molar-refractivity contribution is 7.92. The fourth-order valence-corrected chi connectivity index (χ4v) is 4.06. The van der Waals surface area contributed by atoms with Gasteiger partial charge in [-0.25, -0.2) is 8.42 Å². The van der Waals surface area contributed by atoms with Gasteiger partial charge in [0.2, 0.25) is 0 Å². The van der Waals surface area contributed by atoms with E-state index in [1.165, 1.54) is 11.1 Å². The van der Waals surface area contributed by atoms with Crippen LogP contribution in [-0.2, 0) is 9.84 Å². The van der Waals surface area contributed by atoms with Crippen LogP contribution < -0.4 is 0 Å². The molecule has 0 saturated carbocycles. The van der Waals surface area contributed by atoms with Gasteiger partial charge < -0.3 is 0 Å². The molecule has 0 unspecified atom stereocenters. The van der Waals surface area contributed by atoms with Crippen molar-refractivity contribution in [2.45, 2.75) is 31.9 Å². The van der Waals surface area contributed by atoms with Crippen molar-refractivity contribution >= 4 is 15.9 Å². The number of hydrogen-bond donors (Lipinski definition) is 0. The second kappa shape index (κ2) is 6.32. The Hall–Kier alpha value is -1.13. The average Bonchev–Trinajstić information content (AvgIpc) is 2.51. The van der Waals surface area contributed by atoms with Crippen molar-refractivity contribution in [3.63, 3.8) is 0 Å². The van der Waals surface area contributed by atoms with Crippen molar-refractivity contribution in [3.05, 3.63) is 41.5 Å². The molecule has 21 heavy (non-hydrogen) atoms. The van der Waals surface area contributed by atoms with Gasteiger partial charge in [-0.15, -0.1) is 0 Å². The van der Waals surface area contributed by atoms with E-state index < -0.39 is 14.6 Å². The second-order valence-electron chi connectivity index (χ2n) is 6.51. The summed E-state index contributed by atoms with van der Waals surface area (Å²) in [6.07, 6.45) is 2.87. The van der Waals surface area contributed by atoms with Crippen LogP contribution in [-0.4, -0.2) is 43.5 Å². The first-order valence-electron chi connectivity index (χ1n) is 7.47. The molecule has 1 aromatic rings. The molecule has 0 N–H and O–H groups in total. The van der Waals surface area contributed by atoms with Crippen molar-refractivity contribution in [1.29, 1.82) is 0 Å². The van der Waals surface area contributed by atoms with Gasteiger partial charge in [0.1, 0.15) is 0 Å². The second-order valence-corrected chi connectivity index (χ2v) is 9.25. The zero-order valence-corrected chi connectivity index (χ0v) is 14.0. The summed E-state index contributed by atoms with van der Waals surface area (Å²) in [5.41, 5.74) is 2.45. The topological polar surface area (TPSA) is 37.4 Å². The molecule has 1 fully saturated rings. The molecule has 0 spiro atoms. The summed E-state index contributed by atoms with van der Waals surface area (Å²) in [7, 11) is -2.99. The van der Waals surface area contributed by atoms with Gasteiger partial charge in [0.05, 0.1) is 10.5 Å². The highest BCUT2D eigenvalue weighted by Crippen LogP contribution is 2.25. The molecular weight excluding hydrogens is 282 g/mol. The maximum Gasteiger partial charge on any atom is 0.156 e. The van der Waals surface area contributed by atoms with Crippen molar-refractivity contribution < 1.29 is 8.42 Å². The Balaban J connectivity index is 2.03. The number of sulfone groups is 1. The van der Waals surface area contributed by atoms with E-state index in [1.807, 2.05) is 32.0 Å². The van der Waals surface area contributed by atoms with Crippen LogP contribution in [0.4, 0.5) is 0 Å². The Morgan fingerprint density at radius 1 is 1.24 bits per heavy atom. The summed E-state index contributed by atoms with van der Waals surface area (Å²) in [6, 6.07) is 10.2. The van der Waals surface area contributed by atoms with Crippen molar-refractivity contribution in [1.82, 2.24) is 4.90 Å². The molecule has 0 aromatic heterocycles. The molecule has 1 aliphatic heterocycles. The lowest BCUT2D eigenvalue weighted by Gasteiger charge is -2.22. The zero-order chi connectivity index (χ0) is 15.5.